The molecule has 0 amide bonds. The van der Waals surface area contributed by atoms with Crippen LogP contribution in [0.3, 0.4) is 0 Å². The van der Waals surface area contributed by atoms with E-state index in [9.17, 15) is 4.39 Å². The van der Waals surface area contributed by atoms with E-state index in [4.69, 9.17) is 25.8 Å². The van der Waals surface area contributed by atoms with Crippen molar-refractivity contribution in [2.45, 2.75) is 83.3 Å². The molecule has 6 heteroatoms. The molecular weight excluding hydrogens is 513 g/mol. The van der Waals surface area contributed by atoms with Gasteiger partial charge in [-0.2, -0.15) is 0 Å². The number of nitrogens with one attached hydrogen (secondary N) is 1. The number of fused-ring (bicyclic) bond motifs is 1. The Morgan fingerprint density at radius 3 is 2.51 bits per heavy atom. The normalized spacial score (nSPS) is 20.7. The molecule has 5 rings (SSSR count). The molecule has 2 aliphatic rings. The van der Waals surface area contributed by atoms with Crippen LogP contribution in [0.25, 0.3) is 0 Å². The van der Waals surface area contributed by atoms with Gasteiger partial charge in [0.15, 0.2) is 0 Å². The predicted octanol–water partition coefficient (Wildman–Crippen LogP) is 8.88. The van der Waals surface area contributed by atoms with Gasteiger partial charge in [-0.1, -0.05) is 68.0 Å². The minimum atomic E-state index is -0.593. The highest BCUT2D eigenvalue weighted by Gasteiger charge is 2.45. The van der Waals surface area contributed by atoms with Crippen molar-refractivity contribution in [1.82, 2.24) is 0 Å². The molecule has 1 heterocycles. The lowest BCUT2D eigenvalue weighted by Gasteiger charge is -2.44. The maximum Gasteiger partial charge on any atom is 0.132 e. The summed E-state index contributed by atoms with van der Waals surface area (Å²) in [6, 6.07) is 20.5. The third-order valence-corrected chi connectivity index (χ3v) is 8.16. The number of anilines is 1. The largest absolute Gasteiger partial charge is 0.485 e. The Bertz CT molecular complexity index is 1230. The van der Waals surface area contributed by atoms with Crippen LogP contribution in [0.1, 0.15) is 75.2 Å². The fourth-order valence-electron chi connectivity index (χ4n) is 5.76. The molecule has 1 fully saturated rings. The van der Waals surface area contributed by atoms with Gasteiger partial charge in [0.05, 0.1) is 6.61 Å². The van der Waals surface area contributed by atoms with Crippen LogP contribution in [-0.4, -0.2) is 18.3 Å². The first-order valence-electron chi connectivity index (χ1n) is 14.2. The Labute approximate surface area is 236 Å². The second-order valence-electron chi connectivity index (χ2n) is 11.4. The Morgan fingerprint density at radius 2 is 1.74 bits per heavy atom. The number of benzene rings is 3. The van der Waals surface area contributed by atoms with E-state index < -0.39 is 5.60 Å². The molecule has 1 aliphatic carbocycles. The van der Waals surface area contributed by atoms with Crippen molar-refractivity contribution in [2.24, 2.45) is 5.92 Å². The van der Waals surface area contributed by atoms with Gasteiger partial charge < -0.3 is 19.5 Å². The molecule has 2 unspecified atom stereocenters. The molecule has 0 radical (unpaired) electrons. The second kappa shape index (κ2) is 12.7. The number of hydrogen-bond acceptors (Lipinski definition) is 4. The van der Waals surface area contributed by atoms with Crippen LogP contribution in [0.15, 0.2) is 66.7 Å². The van der Waals surface area contributed by atoms with Crippen molar-refractivity contribution in [2.75, 3.05) is 11.9 Å². The van der Waals surface area contributed by atoms with Gasteiger partial charge in [-0.25, -0.2) is 4.39 Å². The maximum atomic E-state index is 13.3. The van der Waals surface area contributed by atoms with E-state index in [0.717, 1.165) is 40.5 Å². The highest BCUT2D eigenvalue weighted by atomic mass is 35.5. The maximum absolute atomic E-state index is 13.3. The first kappa shape index (κ1) is 27.9. The smallest absolute Gasteiger partial charge is 0.132 e. The molecule has 1 N–H and O–H groups in total. The Morgan fingerprint density at radius 1 is 0.949 bits per heavy atom. The van der Waals surface area contributed by atoms with Crippen molar-refractivity contribution in [3.05, 3.63) is 94.3 Å². The van der Waals surface area contributed by atoms with Crippen LogP contribution < -0.4 is 10.1 Å². The lowest BCUT2D eigenvalue weighted by atomic mass is 9.86. The zero-order valence-corrected chi connectivity index (χ0v) is 23.7. The quantitative estimate of drug-likeness (QED) is 0.273. The first-order valence-corrected chi connectivity index (χ1v) is 14.5. The molecular formula is C33H39ClFNO3. The number of halogens is 2. The highest BCUT2D eigenvalue weighted by molar-refractivity contribution is 6.30. The van der Waals surface area contributed by atoms with Crippen LogP contribution in [0.5, 0.6) is 5.75 Å². The summed E-state index contributed by atoms with van der Waals surface area (Å²) in [6.07, 6.45) is 7.07. The molecule has 4 nitrogen and oxygen atoms in total. The van der Waals surface area contributed by atoms with E-state index in [-0.39, 0.29) is 18.0 Å². The van der Waals surface area contributed by atoms with Crippen molar-refractivity contribution in [1.29, 1.82) is 0 Å². The van der Waals surface area contributed by atoms with Crippen molar-refractivity contribution >= 4 is 17.3 Å². The summed E-state index contributed by atoms with van der Waals surface area (Å²) in [5.74, 6) is 1.32. The fraction of sp³-hybridized carbons (Fsp3) is 0.455. The van der Waals surface area contributed by atoms with Crippen LogP contribution in [0.2, 0.25) is 5.02 Å². The van der Waals surface area contributed by atoms with E-state index in [0.29, 0.717) is 24.8 Å². The standard InChI is InChI=1S/C33H39ClFNO3/c1-33(2)32(38-22-25-9-6-10-26(34)19-25)31(37-18-17-23-7-4-3-5-8-23)29-20-28(15-16-30(29)39-33)36-21-24-11-13-27(35)14-12-24/h6,9-16,19-20,23,31-32,36H,3-5,7-8,17-18,21-22H2,1-2H3. The molecule has 2 atom stereocenters. The summed E-state index contributed by atoms with van der Waals surface area (Å²) < 4.78 is 33.1. The molecule has 1 saturated carbocycles. The van der Waals surface area contributed by atoms with E-state index in [1.54, 1.807) is 12.1 Å². The van der Waals surface area contributed by atoms with Gasteiger partial charge in [0, 0.05) is 29.4 Å². The van der Waals surface area contributed by atoms with Gasteiger partial charge in [-0.3, -0.25) is 0 Å². The highest BCUT2D eigenvalue weighted by Crippen LogP contribution is 2.45. The third kappa shape index (κ3) is 7.33. The van der Waals surface area contributed by atoms with Gasteiger partial charge in [-0.15, -0.1) is 0 Å². The Kier molecular flexibility index (Phi) is 9.11. The summed E-state index contributed by atoms with van der Waals surface area (Å²) in [7, 11) is 0. The summed E-state index contributed by atoms with van der Waals surface area (Å²) >= 11 is 6.23. The van der Waals surface area contributed by atoms with Gasteiger partial charge in [0.2, 0.25) is 0 Å². The van der Waals surface area contributed by atoms with Crippen molar-refractivity contribution < 1.29 is 18.6 Å². The van der Waals surface area contributed by atoms with Crippen molar-refractivity contribution in [3.8, 4) is 5.75 Å². The Balaban J connectivity index is 1.36. The predicted molar refractivity (Wildman–Crippen MR) is 155 cm³/mol. The molecule has 1 aliphatic heterocycles. The van der Waals surface area contributed by atoms with Gasteiger partial charge in [0.1, 0.15) is 29.4 Å². The summed E-state index contributed by atoms with van der Waals surface area (Å²) in [5.41, 5.74) is 3.37. The van der Waals surface area contributed by atoms with Crippen molar-refractivity contribution in [3.63, 3.8) is 0 Å². The summed E-state index contributed by atoms with van der Waals surface area (Å²) in [5, 5.41) is 4.16. The first-order chi connectivity index (χ1) is 18.9. The van der Waals surface area contributed by atoms with E-state index in [1.807, 2.05) is 36.4 Å². The molecule has 3 aromatic rings. The zero-order chi connectivity index (χ0) is 27.2. The minimum absolute atomic E-state index is 0.232. The average Bonchev–Trinajstić information content (AvgIpc) is 2.92. The van der Waals surface area contributed by atoms with E-state index in [2.05, 4.69) is 25.2 Å². The molecule has 0 spiro atoms. The minimum Gasteiger partial charge on any atom is -0.485 e. The van der Waals surface area contributed by atoms with Crippen LogP contribution >= 0.6 is 11.6 Å². The molecule has 0 saturated heterocycles. The molecule has 39 heavy (non-hydrogen) atoms. The number of rotatable bonds is 10. The third-order valence-electron chi connectivity index (χ3n) is 7.93. The van der Waals surface area contributed by atoms with Gasteiger partial charge in [0.25, 0.3) is 0 Å². The molecule has 3 aromatic carbocycles. The zero-order valence-electron chi connectivity index (χ0n) is 22.9. The molecule has 0 bridgehead atoms. The van der Waals surface area contributed by atoms with E-state index >= 15 is 0 Å². The molecule has 208 valence electrons. The number of hydrogen-bond donors (Lipinski definition) is 1. The fourth-order valence-corrected chi connectivity index (χ4v) is 5.98. The summed E-state index contributed by atoms with van der Waals surface area (Å²) in [4.78, 5) is 0. The van der Waals surface area contributed by atoms with Crippen LogP contribution in [0, 0.1) is 11.7 Å². The SMILES string of the molecule is CC1(C)Oc2ccc(NCc3ccc(F)cc3)cc2C(OCCC2CCCCC2)C1OCc1cccc(Cl)c1. The van der Waals surface area contributed by atoms with Crippen LogP contribution in [0.4, 0.5) is 10.1 Å². The average molecular weight is 552 g/mol. The topological polar surface area (TPSA) is 39.7 Å². The second-order valence-corrected chi connectivity index (χ2v) is 11.8. The lowest BCUT2D eigenvalue weighted by Crippen LogP contribution is -2.51. The van der Waals surface area contributed by atoms with Gasteiger partial charge >= 0.3 is 0 Å². The lowest BCUT2D eigenvalue weighted by molar-refractivity contribution is -0.168. The van der Waals surface area contributed by atoms with E-state index in [1.165, 1.54) is 44.2 Å². The number of ether oxygens (including phenoxy) is 3. The Hall–Kier alpha value is -2.60. The summed E-state index contributed by atoms with van der Waals surface area (Å²) in [6.45, 7) is 5.83. The molecule has 0 aromatic heterocycles. The monoisotopic (exact) mass is 551 g/mol. The van der Waals surface area contributed by atoms with Crippen LogP contribution in [-0.2, 0) is 22.6 Å². The van der Waals surface area contributed by atoms with Gasteiger partial charge in [-0.05, 0) is 79.8 Å².